The summed E-state index contributed by atoms with van der Waals surface area (Å²) in [5, 5.41) is 0. The van der Waals surface area contributed by atoms with Gasteiger partial charge >= 0.3 is 0 Å². The van der Waals surface area contributed by atoms with E-state index in [0.717, 1.165) is 10.5 Å². The van der Waals surface area contributed by atoms with Crippen LogP contribution in [0.25, 0.3) is 0 Å². The highest BCUT2D eigenvalue weighted by atomic mass is 28.2. The van der Waals surface area contributed by atoms with Gasteiger partial charge in [-0.1, -0.05) is 54.9 Å². The van der Waals surface area contributed by atoms with Gasteiger partial charge < -0.3 is 4.43 Å². The Hall–Kier alpha value is 0.177. The molecule has 0 aliphatic rings. The van der Waals surface area contributed by atoms with E-state index in [9.17, 15) is 0 Å². The third kappa shape index (κ3) is 2.85. The molecular formula is C13H30OSi. The molecule has 0 bridgehead atoms. The molecule has 2 heteroatoms. The van der Waals surface area contributed by atoms with Gasteiger partial charge in [0.1, 0.15) is 10.5 Å². The van der Waals surface area contributed by atoms with Gasteiger partial charge in [-0.2, -0.15) is 0 Å². The van der Waals surface area contributed by atoms with E-state index in [4.69, 9.17) is 4.43 Å². The molecule has 0 aliphatic heterocycles. The summed E-state index contributed by atoms with van der Waals surface area (Å²) in [6.07, 6.45) is 1.22. The van der Waals surface area contributed by atoms with Crippen LogP contribution in [0.2, 0.25) is 0 Å². The zero-order valence-corrected chi connectivity index (χ0v) is 13.9. The Morgan fingerprint density at radius 2 is 1.40 bits per heavy atom. The van der Waals surface area contributed by atoms with Gasteiger partial charge in [0.2, 0.25) is 0 Å². The molecule has 0 saturated carbocycles. The molecule has 0 spiro atoms. The third-order valence-corrected chi connectivity index (χ3v) is 4.69. The normalized spacial score (nSPS) is 15.6. The number of rotatable bonds is 6. The first-order valence-electron chi connectivity index (χ1n) is 6.39. The first-order valence-corrected chi connectivity index (χ1v) is 7.21. The summed E-state index contributed by atoms with van der Waals surface area (Å²) >= 11 is 0. The minimum absolute atomic E-state index is 0.0924. The van der Waals surface area contributed by atoms with Crippen LogP contribution in [0.3, 0.4) is 0 Å². The highest BCUT2D eigenvalue weighted by Crippen LogP contribution is 2.42. The summed E-state index contributed by atoms with van der Waals surface area (Å²) < 4.78 is 6.11. The van der Waals surface area contributed by atoms with Crippen molar-refractivity contribution in [3.05, 3.63) is 0 Å². The summed E-state index contributed by atoms with van der Waals surface area (Å²) in [5.74, 6) is 2.58. The van der Waals surface area contributed by atoms with Crippen LogP contribution < -0.4 is 0 Å². The fourth-order valence-electron chi connectivity index (χ4n) is 3.46. The smallest absolute Gasteiger partial charge is 0.146 e. The van der Waals surface area contributed by atoms with Crippen LogP contribution >= 0.6 is 0 Å². The first-order chi connectivity index (χ1) is 6.84. The minimum Gasteiger partial charge on any atom is -0.422 e. The van der Waals surface area contributed by atoms with Gasteiger partial charge in [-0.15, -0.1) is 0 Å². The van der Waals surface area contributed by atoms with Gasteiger partial charge in [-0.05, 0) is 23.7 Å². The average Bonchev–Trinajstić information content (AvgIpc) is 2.11. The SMILES string of the molecule is CCC(C(C)C)C(O[SiH3])(C(C)C)C(C)C. The summed E-state index contributed by atoms with van der Waals surface area (Å²) in [4.78, 5) is 0. The van der Waals surface area contributed by atoms with Crippen LogP contribution in [0.5, 0.6) is 0 Å². The summed E-state index contributed by atoms with van der Waals surface area (Å²) in [6, 6.07) is 0. The van der Waals surface area contributed by atoms with Crippen LogP contribution in [0.1, 0.15) is 54.9 Å². The van der Waals surface area contributed by atoms with Gasteiger partial charge in [0.15, 0.2) is 0 Å². The molecule has 0 amide bonds. The summed E-state index contributed by atoms with van der Waals surface area (Å²) in [6.45, 7) is 16.2. The van der Waals surface area contributed by atoms with E-state index in [1.807, 2.05) is 0 Å². The van der Waals surface area contributed by atoms with Crippen molar-refractivity contribution in [1.29, 1.82) is 0 Å². The largest absolute Gasteiger partial charge is 0.422 e. The lowest BCUT2D eigenvalue weighted by atomic mass is 9.66. The van der Waals surface area contributed by atoms with Crippen molar-refractivity contribution in [3.8, 4) is 0 Å². The maximum Gasteiger partial charge on any atom is 0.146 e. The average molecular weight is 230 g/mol. The Morgan fingerprint density at radius 3 is 1.47 bits per heavy atom. The minimum atomic E-state index is 0.0924. The molecule has 92 valence electrons. The fourth-order valence-corrected chi connectivity index (χ4v) is 4.70. The van der Waals surface area contributed by atoms with Crippen molar-refractivity contribution >= 4 is 10.5 Å². The molecule has 0 heterocycles. The lowest BCUT2D eigenvalue weighted by molar-refractivity contribution is -0.0842. The molecule has 15 heavy (non-hydrogen) atoms. The van der Waals surface area contributed by atoms with Crippen molar-refractivity contribution in [2.45, 2.75) is 60.5 Å². The topological polar surface area (TPSA) is 9.23 Å². The summed E-state index contributed by atoms with van der Waals surface area (Å²) in [7, 11) is 0.840. The highest BCUT2D eigenvalue weighted by Gasteiger charge is 2.44. The zero-order chi connectivity index (χ0) is 12.2. The predicted octanol–water partition coefficient (Wildman–Crippen LogP) is 3.02. The van der Waals surface area contributed by atoms with Crippen molar-refractivity contribution in [2.24, 2.45) is 23.7 Å². The first kappa shape index (κ1) is 15.2. The number of hydrogen-bond donors (Lipinski definition) is 0. The van der Waals surface area contributed by atoms with E-state index in [-0.39, 0.29) is 5.60 Å². The van der Waals surface area contributed by atoms with Crippen LogP contribution in [-0.2, 0) is 4.43 Å². The highest BCUT2D eigenvalue weighted by molar-refractivity contribution is 5.98. The van der Waals surface area contributed by atoms with E-state index in [0.29, 0.717) is 23.7 Å². The van der Waals surface area contributed by atoms with Crippen molar-refractivity contribution < 1.29 is 4.43 Å². The van der Waals surface area contributed by atoms with Gasteiger partial charge in [-0.25, -0.2) is 0 Å². The Kier molecular flexibility index (Phi) is 6.12. The van der Waals surface area contributed by atoms with Crippen molar-refractivity contribution in [1.82, 2.24) is 0 Å². The molecule has 0 rings (SSSR count). The Morgan fingerprint density at radius 1 is 1.00 bits per heavy atom. The molecule has 0 fully saturated rings. The van der Waals surface area contributed by atoms with Crippen LogP contribution in [0, 0.1) is 23.7 Å². The summed E-state index contributed by atoms with van der Waals surface area (Å²) in [5.41, 5.74) is 0.0924. The van der Waals surface area contributed by atoms with Gasteiger partial charge in [0, 0.05) is 0 Å². The molecule has 0 saturated heterocycles. The monoisotopic (exact) mass is 230 g/mol. The van der Waals surface area contributed by atoms with Gasteiger partial charge in [0.05, 0.1) is 5.60 Å². The lowest BCUT2D eigenvalue weighted by Gasteiger charge is -2.48. The third-order valence-electron chi connectivity index (χ3n) is 3.98. The second-order valence-corrected chi connectivity index (χ2v) is 6.03. The zero-order valence-electron chi connectivity index (χ0n) is 11.9. The van der Waals surface area contributed by atoms with Crippen molar-refractivity contribution in [3.63, 3.8) is 0 Å². The Balaban J connectivity index is 5.21. The van der Waals surface area contributed by atoms with E-state index < -0.39 is 0 Å². The van der Waals surface area contributed by atoms with Gasteiger partial charge in [-0.3, -0.25) is 0 Å². The molecule has 0 aromatic rings. The van der Waals surface area contributed by atoms with E-state index in [1.165, 1.54) is 6.42 Å². The molecule has 0 radical (unpaired) electrons. The van der Waals surface area contributed by atoms with Crippen LogP contribution in [-0.4, -0.2) is 16.1 Å². The van der Waals surface area contributed by atoms with E-state index >= 15 is 0 Å². The maximum atomic E-state index is 6.11. The molecule has 0 aliphatic carbocycles. The predicted molar refractivity (Wildman–Crippen MR) is 72.1 cm³/mol. The molecule has 0 aromatic carbocycles. The van der Waals surface area contributed by atoms with Crippen molar-refractivity contribution in [2.75, 3.05) is 0 Å². The Bertz CT molecular complexity index is 167. The Labute approximate surface area is 99.5 Å². The second-order valence-electron chi connectivity index (χ2n) is 5.63. The molecule has 0 aromatic heterocycles. The fraction of sp³-hybridized carbons (Fsp3) is 1.00. The lowest BCUT2D eigenvalue weighted by Crippen LogP contribution is -2.51. The van der Waals surface area contributed by atoms with E-state index in [1.54, 1.807) is 0 Å². The van der Waals surface area contributed by atoms with Gasteiger partial charge in [0.25, 0.3) is 0 Å². The second kappa shape index (κ2) is 6.05. The molecule has 1 atom stereocenters. The van der Waals surface area contributed by atoms with Crippen LogP contribution in [0.15, 0.2) is 0 Å². The maximum absolute atomic E-state index is 6.11. The van der Waals surface area contributed by atoms with E-state index in [2.05, 4.69) is 48.5 Å². The van der Waals surface area contributed by atoms with Crippen LogP contribution in [0.4, 0.5) is 0 Å². The molecule has 1 nitrogen and oxygen atoms in total. The molecular weight excluding hydrogens is 200 g/mol. The quantitative estimate of drug-likeness (QED) is 0.637. The molecule has 0 N–H and O–H groups in total. The molecule has 1 unspecified atom stereocenters. The number of hydrogen-bond acceptors (Lipinski definition) is 1. The standard InChI is InChI=1S/C13H30OSi/c1-8-12(9(2)3)13(14-15,10(4)5)11(6)7/h9-12H,8H2,1-7,15H3.